The number of hydrogen-bond acceptors (Lipinski definition) is 7. The lowest BCUT2D eigenvalue weighted by atomic mass is 9.91. The van der Waals surface area contributed by atoms with Crippen molar-refractivity contribution in [1.29, 1.82) is 0 Å². The lowest BCUT2D eigenvalue weighted by Crippen LogP contribution is -2.14. The smallest absolute Gasteiger partial charge is 0.341 e. The van der Waals surface area contributed by atoms with E-state index in [9.17, 15) is 4.79 Å². The van der Waals surface area contributed by atoms with Gasteiger partial charge in [-0.2, -0.15) is 15.2 Å². The monoisotopic (exact) mass is 412 g/mol. The molecule has 9 nitrogen and oxygen atoms in total. The van der Waals surface area contributed by atoms with Crippen LogP contribution in [0.4, 0.5) is 0 Å². The van der Waals surface area contributed by atoms with Crippen LogP contribution in [0.1, 0.15) is 62.2 Å². The number of hydrogen-bond donors (Lipinski definition) is 0. The molecule has 0 N–H and O–H groups in total. The average molecular weight is 412 g/mol. The molecule has 30 heavy (non-hydrogen) atoms. The summed E-state index contributed by atoms with van der Waals surface area (Å²) in [6.45, 7) is 2.91. The normalized spacial score (nSPS) is 15.7. The maximum Gasteiger partial charge on any atom is 0.341 e. The van der Waals surface area contributed by atoms with Gasteiger partial charge in [0.25, 0.3) is 5.95 Å². The van der Waals surface area contributed by atoms with E-state index in [1.165, 1.54) is 55.8 Å². The van der Waals surface area contributed by atoms with Gasteiger partial charge < -0.3 is 9.47 Å². The van der Waals surface area contributed by atoms with Crippen LogP contribution in [0, 0.1) is 5.92 Å². The van der Waals surface area contributed by atoms with Gasteiger partial charge in [0.1, 0.15) is 11.0 Å². The van der Waals surface area contributed by atoms with Crippen LogP contribution in [-0.2, 0) is 11.3 Å². The predicted octanol–water partition coefficient (Wildman–Crippen LogP) is 3.56. The van der Waals surface area contributed by atoms with Gasteiger partial charge in [0.05, 0.1) is 31.7 Å². The highest BCUT2D eigenvalue weighted by Crippen LogP contribution is 2.28. The van der Waals surface area contributed by atoms with Crippen LogP contribution in [0.3, 0.4) is 0 Å². The van der Waals surface area contributed by atoms with Crippen LogP contribution in [0.5, 0.6) is 5.88 Å². The molecule has 0 atom stereocenters. The Hall–Kier alpha value is -2.97. The van der Waals surface area contributed by atoms with Gasteiger partial charge in [-0.15, -0.1) is 0 Å². The molecule has 160 valence electrons. The Bertz CT molecular complexity index is 1000. The Balaban J connectivity index is 1.62. The first-order valence-electron chi connectivity index (χ1n) is 10.7. The second kappa shape index (κ2) is 9.23. The number of rotatable bonds is 6. The summed E-state index contributed by atoms with van der Waals surface area (Å²) in [5.74, 6) is 0.951. The summed E-state index contributed by atoms with van der Waals surface area (Å²) in [6, 6.07) is 0. The van der Waals surface area contributed by atoms with Crippen molar-refractivity contribution in [2.24, 2.45) is 5.92 Å². The van der Waals surface area contributed by atoms with Crippen molar-refractivity contribution < 1.29 is 14.3 Å². The zero-order valence-corrected chi connectivity index (χ0v) is 17.6. The molecular formula is C21H28N6O3. The van der Waals surface area contributed by atoms with Gasteiger partial charge in [-0.05, 0) is 25.7 Å². The van der Waals surface area contributed by atoms with Crippen molar-refractivity contribution >= 4 is 17.0 Å². The third kappa shape index (κ3) is 4.29. The van der Waals surface area contributed by atoms with Crippen molar-refractivity contribution in [1.82, 2.24) is 29.5 Å². The number of esters is 1. The highest BCUT2D eigenvalue weighted by Gasteiger charge is 2.20. The van der Waals surface area contributed by atoms with E-state index in [1.54, 1.807) is 26.4 Å². The van der Waals surface area contributed by atoms with Crippen molar-refractivity contribution in [3.05, 3.63) is 24.2 Å². The molecule has 0 radical (unpaired) electrons. The van der Waals surface area contributed by atoms with Crippen molar-refractivity contribution in [3.8, 4) is 11.8 Å². The Labute approximate surface area is 175 Å². The first kappa shape index (κ1) is 20.3. The topological polar surface area (TPSA) is 97.0 Å². The molecule has 0 aliphatic heterocycles. The maximum atomic E-state index is 11.9. The van der Waals surface area contributed by atoms with Crippen LogP contribution >= 0.6 is 0 Å². The number of carbonyl (C=O) groups excluding carboxylic acids is 1. The fourth-order valence-corrected chi connectivity index (χ4v) is 4.06. The molecule has 0 amide bonds. The van der Waals surface area contributed by atoms with E-state index in [-0.39, 0.29) is 0 Å². The third-order valence-electron chi connectivity index (χ3n) is 5.59. The Kier molecular flexibility index (Phi) is 6.25. The summed E-state index contributed by atoms with van der Waals surface area (Å²) in [6.07, 6.45) is 13.8. The van der Waals surface area contributed by atoms with Gasteiger partial charge in [0.15, 0.2) is 0 Å². The second-order valence-corrected chi connectivity index (χ2v) is 7.70. The fourth-order valence-electron chi connectivity index (χ4n) is 4.06. The predicted molar refractivity (Wildman–Crippen MR) is 111 cm³/mol. The molecule has 3 heterocycles. The summed E-state index contributed by atoms with van der Waals surface area (Å²) < 4.78 is 14.0. The van der Waals surface area contributed by atoms with Crippen LogP contribution in [0.15, 0.2) is 18.6 Å². The summed E-state index contributed by atoms with van der Waals surface area (Å²) in [5, 5.41) is 8.77. The minimum Gasteiger partial charge on any atom is -0.479 e. The van der Waals surface area contributed by atoms with Crippen molar-refractivity contribution in [2.45, 2.75) is 58.4 Å². The molecule has 1 aliphatic carbocycles. The summed E-state index contributed by atoms with van der Waals surface area (Å²) in [7, 11) is 1.59. The largest absolute Gasteiger partial charge is 0.479 e. The van der Waals surface area contributed by atoms with Gasteiger partial charge in [0, 0.05) is 12.7 Å². The first-order chi connectivity index (χ1) is 14.7. The van der Waals surface area contributed by atoms with E-state index in [0.717, 1.165) is 12.1 Å². The highest BCUT2D eigenvalue weighted by atomic mass is 16.5. The molecule has 1 aliphatic rings. The van der Waals surface area contributed by atoms with Gasteiger partial charge in [-0.3, -0.25) is 4.68 Å². The quantitative estimate of drug-likeness (QED) is 0.571. The van der Waals surface area contributed by atoms with E-state index in [0.29, 0.717) is 35.4 Å². The fraction of sp³-hybridized carbons (Fsp3) is 0.571. The molecule has 0 saturated heterocycles. The van der Waals surface area contributed by atoms with Crippen LogP contribution in [0.25, 0.3) is 17.0 Å². The molecule has 0 unspecified atom stereocenters. The van der Waals surface area contributed by atoms with Crippen LogP contribution < -0.4 is 4.74 Å². The van der Waals surface area contributed by atoms with Crippen LogP contribution in [-0.4, -0.2) is 49.2 Å². The van der Waals surface area contributed by atoms with Crippen LogP contribution in [0.2, 0.25) is 0 Å². The zero-order valence-electron chi connectivity index (χ0n) is 17.6. The molecule has 3 aromatic rings. The first-order valence-corrected chi connectivity index (χ1v) is 10.7. The van der Waals surface area contributed by atoms with Gasteiger partial charge >= 0.3 is 5.97 Å². The molecule has 9 heteroatoms. The Morgan fingerprint density at radius 1 is 1.10 bits per heavy atom. The number of methoxy groups -OCH3 is 1. The van der Waals surface area contributed by atoms with E-state index >= 15 is 0 Å². The molecule has 0 bridgehead atoms. The highest BCUT2D eigenvalue weighted by molar-refractivity contribution is 5.88. The lowest BCUT2D eigenvalue weighted by molar-refractivity contribution is 0.0526. The molecule has 0 aromatic carbocycles. The molecule has 1 saturated carbocycles. The summed E-state index contributed by atoms with van der Waals surface area (Å²) in [5.41, 5.74) is 1.83. The van der Waals surface area contributed by atoms with E-state index in [2.05, 4.69) is 20.2 Å². The van der Waals surface area contributed by atoms with Gasteiger partial charge in [0.2, 0.25) is 5.88 Å². The average Bonchev–Trinajstić information content (AvgIpc) is 3.37. The second-order valence-electron chi connectivity index (χ2n) is 7.70. The lowest BCUT2D eigenvalue weighted by Gasteiger charge is -2.20. The number of carbonyl (C=O) groups is 1. The minimum absolute atomic E-state index is 0.306. The summed E-state index contributed by atoms with van der Waals surface area (Å²) >= 11 is 0. The van der Waals surface area contributed by atoms with Crippen molar-refractivity contribution in [2.75, 3.05) is 13.7 Å². The number of aromatic nitrogens is 6. The number of nitrogens with zero attached hydrogens (tertiary/aromatic N) is 6. The van der Waals surface area contributed by atoms with E-state index in [1.807, 2.05) is 4.68 Å². The molecular weight excluding hydrogens is 384 g/mol. The standard InChI is InChI=1S/C21H28N6O3/c1-3-30-20(28)16-11-22-27(14-16)21-24-17-12-23-26(18(17)19(25-21)29-2)13-15-9-7-5-4-6-8-10-15/h11-12,14-15H,3-10,13H2,1-2H3. The third-order valence-corrected chi connectivity index (χ3v) is 5.59. The molecule has 4 rings (SSSR count). The SMILES string of the molecule is CCOC(=O)c1cnn(-c2nc(OC)c3c(cnn3CC3CCCCCCC3)n2)c1. The van der Waals surface area contributed by atoms with E-state index < -0.39 is 5.97 Å². The van der Waals surface area contributed by atoms with Crippen molar-refractivity contribution in [3.63, 3.8) is 0 Å². The van der Waals surface area contributed by atoms with E-state index in [4.69, 9.17) is 9.47 Å². The molecule has 1 fully saturated rings. The summed E-state index contributed by atoms with van der Waals surface area (Å²) in [4.78, 5) is 21.0. The number of ether oxygens (including phenoxy) is 2. The molecule has 0 spiro atoms. The minimum atomic E-state index is -0.427. The Morgan fingerprint density at radius 2 is 1.87 bits per heavy atom. The van der Waals surface area contributed by atoms with Gasteiger partial charge in [-0.25, -0.2) is 14.5 Å². The molecule has 3 aromatic heterocycles. The zero-order chi connectivity index (χ0) is 20.9. The van der Waals surface area contributed by atoms with Gasteiger partial charge in [-0.1, -0.05) is 32.1 Å². The maximum absolute atomic E-state index is 11.9. The Morgan fingerprint density at radius 3 is 2.60 bits per heavy atom. The number of fused-ring (bicyclic) bond motifs is 1.